The first-order valence-corrected chi connectivity index (χ1v) is 10.9. The second-order valence-electron chi connectivity index (χ2n) is 8.19. The molecule has 6 heteroatoms. The first-order valence-electron chi connectivity index (χ1n) is 10.9. The second kappa shape index (κ2) is 8.92. The Morgan fingerprint density at radius 3 is 2.23 bits per heavy atom. The lowest BCUT2D eigenvalue weighted by atomic mass is 9.97. The summed E-state index contributed by atoms with van der Waals surface area (Å²) >= 11 is 0. The van der Waals surface area contributed by atoms with E-state index in [-0.39, 0.29) is 11.8 Å². The molecule has 2 aliphatic heterocycles. The highest BCUT2D eigenvalue weighted by Crippen LogP contribution is 2.36. The number of piperidine rings is 1. The van der Waals surface area contributed by atoms with Crippen molar-refractivity contribution in [3.63, 3.8) is 0 Å². The third-order valence-electron chi connectivity index (χ3n) is 5.86. The molecule has 0 spiro atoms. The van der Waals surface area contributed by atoms with Gasteiger partial charge in [0.25, 0.3) is 11.8 Å². The van der Waals surface area contributed by atoms with Gasteiger partial charge in [-0.15, -0.1) is 0 Å². The number of anilines is 1. The number of rotatable bonds is 6. The number of benzene rings is 2. The van der Waals surface area contributed by atoms with Crippen molar-refractivity contribution in [1.29, 1.82) is 0 Å². The molecule has 0 bridgehead atoms. The fraction of sp³-hybridized carbons (Fsp3) is 0.360. The number of hydrogen-bond donors (Lipinski definition) is 0. The first-order chi connectivity index (χ1) is 15.0. The number of hydrogen-bond acceptors (Lipinski definition) is 4. The van der Waals surface area contributed by atoms with Crippen LogP contribution in [0.4, 0.5) is 10.1 Å². The molecule has 1 saturated heterocycles. The van der Waals surface area contributed by atoms with Crippen molar-refractivity contribution >= 4 is 23.1 Å². The van der Waals surface area contributed by atoms with Crippen LogP contribution in [0.3, 0.4) is 0 Å². The predicted molar refractivity (Wildman–Crippen MR) is 118 cm³/mol. The van der Waals surface area contributed by atoms with E-state index in [9.17, 15) is 14.0 Å². The maximum Gasteiger partial charge on any atom is 0.282 e. The van der Waals surface area contributed by atoms with Crippen molar-refractivity contribution in [1.82, 2.24) is 4.90 Å². The topological polar surface area (TPSA) is 49.9 Å². The summed E-state index contributed by atoms with van der Waals surface area (Å²) in [5.74, 6) is 0.172. The number of carbonyl (C=O) groups excluding carboxylic acids is 2. The molecule has 0 radical (unpaired) electrons. The van der Waals surface area contributed by atoms with Crippen LogP contribution < -0.4 is 9.64 Å². The van der Waals surface area contributed by atoms with Crippen molar-refractivity contribution in [2.24, 2.45) is 5.92 Å². The van der Waals surface area contributed by atoms with Crippen molar-refractivity contribution in [3.05, 3.63) is 65.6 Å². The zero-order valence-electron chi connectivity index (χ0n) is 17.9. The summed E-state index contributed by atoms with van der Waals surface area (Å²) in [7, 11) is 0. The summed E-state index contributed by atoms with van der Waals surface area (Å²) in [6.07, 6.45) is 2.85. The van der Waals surface area contributed by atoms with Gasteiger partial charge in [0.1, 0.15) is 17.3 Å². The maximum atomic E-state index is 13.5. The molecule has 162 valence electrons. The van der Waals surface area contributed by atoms with Crippen LogP contribution in [0, 0.1) is 11.7 Å². The SMILES string of the molecule is CCCOc1ccc(C2=C(N3CCC(C)CC3)C(=O)N(c3ccc(F)cc3)C2=O)cc1. The van der Waals surface area contributed by atoms with Crippen LogP contribution in [-0.2, 0) is 9.59 Å². The Labute approximate surface area is 182 Å². The standard InChI is InChI=1S/C25H27FN2O3/c1-3-16-31-21-10-4-18(5-11-21)22-23(27-14-12-17(2)13-15-27)25(30)28(24(22)29)20-8-6-19(26)7-9-20/h4-11,17H,3,12-16H2,1-2H3. The highest BCUT2D eigenvalue weighted by molar-refractivity contribution is 6.45. The Morgan fingerprint density at radius 2 is 1.61 bits per heavy atom. The van der Waals surface area contributed by atoms with Gasteiger partial charge in [-0.3, -0.25) is 9.59 Å². The lowest BCUT2D eigenvalue weighted by molar-refractivity contribution is -0.120. The van der Waals surface area contributed by atoms with Crippen LogP contribution in [-0.4, -0.2) is 36.4 Å². The number of amides is 2. The Kier molecular flexibility index (Phi) is 6.07. The van der Waals surface area contributed by atoms with E-state index in [0.29, 0.717) is 35.0 Å². The summed E-state index contributed by atoms with van der Waals surface area (Å²) in [6.45, 7) is 6.32. The Morgan fingerprint density at radius 1 is 0.968 bits per heavy atom. The zero-order chi connectivity index (χ0) is 22.0. The van der Waals surface area contributed by atoms with E-state index in [1.807, 2.05) is 36.1 Å². The monoisotopic (exact) mass is 422 g/mol. The van der Waals surface area contributed by atoms with Crippen LogP contribution >= 0.6 is 0 Å². The van der Waals surface area contributed by atoms with Crippen LogP contribution in [0.5, 0.6) is 5.75 Å². The van der Waals surface area contributed by atoms with Crippen molar-refractivity contribution in [2.75, 3.05) is 24.6 Å². The van der Waals surface area contributed by atoms with Crippen LogP contribution in [0.1, 0.15) is 38.7 Å². The van der Waals surface area contributed by atoms with E-state index in [2.05, 4.69) is 6.92 Å². The third-order valence-corrected chi connectivity index (χ3v) is 5.86. The van der Waals surface area contributed by atoms with Gasteiger partial charge in [0.2, 0.25) is 0 Å². The molecule has 0 atom stereocenters. The van der Waals surface area contributed by atoms with E-state index in [4.69, 9.17) is 4.74 Å². The molecule has 2 heterocycles. The van der Waals surface area contributed by atoms with Gasteiger partial charge in [-0.2, -0.15) is 0 Å². The summed E-state index contributed by atoms with van der Waals surface area (Å²) in [6, 6.07) is 12.8. The average Bonchev–Trinajstić information content (AvgIpc) is 3.04. The number of imide groups is 1. The van der Waals surface area contributed by atoms with Gasteiger partial charge in [-0.05, 0) is 67.1 Å². The van der Waals surface area contributed by atoms with Crippen molar-refractivity contribution < 1.29 is 18.7 Å². The van der Waals surface area contributed by atoms with Crippen molar-refractivity contribution in [3.8, 4) is 5.75 Å². The number of likely N-dealkylation sites (tertiary alicyclic amines) is 1. The summed E-state index contributed by atoms with van der Waals surface area (Å²) in [4.78, 5) is 30.1. The van der Waals surface area contributed by atoms with E-state index >= 15 is 0 Å². The summed E-state index contributed by atoms with van der Waals surface area (Å²) in [5.41, 5.74) is 1.88. The highest BCUT2D eigenvalue weighted by atomic mass is 19.1. The molecule has 0 aliphatic carbocycles. The van der Waals surface area contributed by atoms with Crippen LogP contribution in [0.15, 0.2) is 54.2 Å². The smallest absolute Gasteiger partial charge is 0.282 e. The lowest BCUT2D eigenvalue weighted by Crippen LogP contribution is -2.38. The van der Waals surface area contributed by atoms with Crippen LogP contribution in [0.2, 0.25) is 0 Å². The number of ether oxygens (including phenoxy) is 1. The number of halogens is 1. The molecule has 5 nitrogen and oxygen atoms in total. The number of nitrogens with zero attached hydrogens (tertiary/aromatic N) is 2. The molecule has 4 rings (SSSR count). The molecule has 0 N–H and O–H groups in total. The molecule has 2 aliphatic rings. The van der Waals surface area contributed by atoms with Gasteiger partial charge in [0.05, 0.1) is 17.9 Å². The largest absolute Gasteiger partial charge is 0.494 e. The molecule has 2 amide bonds. The normalized spacial score (nSPS) is 17.6. The molecule has 31 heavy (non-hydrogen) atoms. The fourth-order valence-corrected chi connectivity index (χ4v) is 4.07. The van der Waals surface area contributed by atoms with Gasteiger partial charge < -0.3 is 9.64 Å². The first kappa shape index (κ1) is 21.1. The molecular formula is C25H27FN2O3. The Balaban J connectivity index is 1.73. The van der Waals surface area contributed by atoms with E-state index in [0.717, 1.165) is 43.0 Å². The lowest BCUT2D eigenvalue weighted by Gasteiger charge is -2.32. The minimum Gasteiger partial charge on any atom is -0.494 e. The third kappa shape index (κ3) is 4.20. The predicted octanol–water partition coefficient (Wildman–Crippen LogP) is 4.63. The Hall–Kier alpha value is -3.15. The van der Waals surface area contributed by atoms with Gasteiger partial charge >= 0.3 is 0 Å². The number of carbonyl (C=O) groups is 2. The quantitative estimate of drug-likeness (QED) is 0.637. The summed E-state index contributed by atoms with van der Waals surface area (Å²) < 4.78 is 19.1. The minimum absolute atomic E-state index is 0.354. The highest BCUT2D eigenvalue weighted by Gasteiger charge is 2.43. The van der Waals surface area contributed by atoms with E-state index in [1.54, 1.807) is 0 Å². The van der Waals surface area contributed by atoms with E-state index < -0.39 is 5.82 Å². The molecule has 2 aromatic carbocycles. The van der Waals surface area contributed by atoms with Gasteiger partial charge in [-0.1, -0.05) is 26.0 Å². The second-order valence-corrected chi connectivity index (χ2v) is 8.19. The minimum atomic E-state index is -0.413. The molecule has 0 aromatic heterocycles. The Bertz CT molecular complexity index is 990. The summed E-state index contributed by atoms with van der Waals surface area (Å²) in [5, 5.41) is 0. The maximum absolute atomic E-state index is 13.5. The van der Waals surface area contributed by atoms with Crippen molar-refractivity contribution in [2.45, 2.75) is 33.1 Å². The van der Waals surface area contributed by atoms with Gasteiger partial charge in [0, 0.05) is 13.1 Å². The zero-order valence-corrected chi connectivity index (χ0v) is 17.9. The average molecular weight is 423 g/mol. The van der Waals surface area contributed by atoms with E-state index in [1.165, 1.54) is 24.3 Å². The molecule has 0 saturated carbocycles. The fourth-order valence-electron chi connectivity index (χ4n) is 4.07. The molecule has 0 unspecified atom stereocenters. The molecular weight excluding hydrogens is 395 g/mol. The van der Waals surface area contributed by atoms with Crippen LogP contribution in [0.25, 0.3) is 5.57 Å². The van der Waals surface area contributed by atoms with Gasteiger partial charge in [0.15, 0.2) is 0 Å². The molecule has 1 fully saturated rings. The van der Waals surface area contributed by atoms with Gasteiger partial charge in [-0.25, -0.2) is 9.29 Å². The molecule has 2 aromatic rings.